The standard InChI is InChI=1S/C15H26N2OS/c1-6-7-8-9-15(4,5)10-16-14-13(12(3)18)11(2)17-19-14/h16H,6-10H2,1-5H3. The fourth-order valence-corrected chi connectivity index (χ4v) is 3.01. The van der Waals surface area contributed by atoms with Crippen molar-refractivity contribution in [2.24, 2.45) is 5.41 Å². The third kappa shape index (κ3) is 4.94. The SMILES string of the molecule is CCCCCC(C)(C)CNc1snc(C)c1C(C)=O. The van der Waals surface area contributed by atoms with E-state index in [1.54, 1.807) is 6.92 Å². The maximum absolute atomic E-state index is 11.6. The van der Waals surface area contributed by atoms with E-state index in [9.17, 15) is 4.79 Å². The van der Waals surface area contributed by atoms with Crippen molar-refractivity contribution >= 4 is 22.3 Å². The Hall–Kier alpha value is -0.900. The molecule has 0 aliphatic heterocycles. The predicted molar refractivity (Wildman–Crippen MR) is 83.3 cm³/mol. The van der Waals surface area contributed by atoms with Gasteiger partial charge in [0.25, 0.3) is 0 Å². The normalized spacial score (nSPS) is 11.6. The van der Waals surface area contributed by atoms with Crippen molar-refractivity contribution in [2.75, 3.05) is 11.9 Å². The molecule has 0 aliphatic rings. The first-order valence-corrected chi connectivity index (χ1v) is 7.86. The Morgan fingerprint density at radius 3 is 2.63 bits per heavy atom. The number of hydrogen-bond acceptors (Lipinski definition) is 4. The van der Waals surface area contributed by atoms with Gasteiger partial charge in [-0.3, -0.25) is 4.79 Å². The Morgan fingerprint density at radius 2 is 2.05 bits per heavy atom. The summed E-state index contributed by atoms with van der Waals surface area (Å²) in [5.41, 5.74) is 1.85. The average molecular weight is 282 g/mol. The van der Waals surface area contributed by atoms with Gasteiger partial charge < -0.3 is 5.32 Å². The number of unbranched alkanes of at least 4 members (excludes halogenated alkanes) is 2. The molecule has 0 bridgehead atoms. The zero-order valence-corrected chi connectivity index (χ0v) is 13.6. The lowest BCUT2D eigenvalue weighted by molar-refractivity contribution is 0.101. The van der Waals surface area contributed by atoms with Crippen LogP contribution in [-0.2, 0) is 0 Å². The van der Waals surface area contributed by atoms with E-state index in [0.717, 1.165) is 22.8 Å². The molecule has 0 aliphatic carbocycles. The second-order valence-electron chi connectivity index (χ2n) is 6.00. The van der Waals surface area contributed by atoms with Crippen LogP contribution in [0, 0.1) is 12.3 Å². The van der Waals surface area contributed by atoms with Crippen LogP contribution in [0.15, 0.2) is 0 Å². The van der Waals surface area contributed by atoms with Gasteiger partial charge in [0.05, 0.1) is 11.3 Å². The van der Waals surface area contributed by atoms with E-state index in [4.69, 9.17) is 0 Å². The number of anilines is 1. The van der Waals surface area contributed by atoms with E-state index in [1.165, 1.54) is 37.2 Å². The van der Waals surface area contributed by atoms with Gasteiger partial charge in [0.2, 0.25) is 0 Å². The van der Waals surface area contributed by atoms with Gasteiger partial charge in [0.15, 0.2) is 5.78 Å². The highest BCUT2D eigenvalue weighted by Gasteiger charge is 2.20. The molecule has 1 aromatic rings. The smallest absolute Gasteiger partial charge is 0.164 e. The fourth-order valence-electron chi connectivity index (χ4n) is 2.17. The van der Waals surface area contributed by atoms with Gasteiger partial charge in [-0.05, 0) is 37.2 Å². The summed E-state index contributed by atoms with van der Waals surface area (Å²) in [6, 6.07) is 0. The number of nitrogens with one attached hydrogen (secondary N) is 1. The quantitative estimate of drug-likeness (QED) is 0.556. The topological polar surface area (TPSA) is 42.0 Å². The minimum Gasteiger partial charge on any atom is -0.375 e. The molecule has 1 aromatic heterocycles. The number of aromatic nitrogens is 1. The van der Waals surface area contributed by atoms with E-state index in [-0.39, 0.29) is 11.2 Å². The van der Waals surface area contributed by atoms with Crippen molar-refractivity contribution in [1.82, 2.24) is 4.37 Å². The van der Waals surface area contributed by atoms with Gasteiger partial charge in [0, 0.05) is 6.54 Å². The van der Waals surface area contributed by atoms with Crippen molar-refractivity contribution in [3.63, 3.8) is 0 Å². The van der Waals surface area contributed by atoms with Crippen LogP contribution in [0.1, 0.15) is 69.4 Å². The van der Waals surface area contributed by atoms with Crippen LogP contribution in [0.3, 0.4) is 0 Å². The van der Waals surface area contributed by atoms with Crippen LogP contribution in [0.4, 0.5) is 5.00 Å². The predicted octanol–water partition coefficient (Wildman–Crippen LogP) is 4.67. The summed E-state index contributed by atoms with van der Waals surface area (Å²) in [7, 11) is 0. The minimum atomic E-state index is 0.0949. The number of hydrogen-bond donors (Lipinski definition) is 1. The lowest BCUT2D eigenvalue weighted by Gasteiger charge is -2.25. The summed E-state index contributed by atoms with van der Waals surface area (Å²) in [5.74, 6) is 0.0949. The number of carbonyl (C=O) groups excluding carboxylic acids is 1. The number of aryl methyl sites for hydroxylation is 1. The Morgan fingerprint density at radius 1 is 1.37 bits per heavy atom. The molecule has 19 heavy (non-hydrogen) atoms. The summed E-state index contributed by atoms with van der Waals surface area (Å²) in [5, 5.41) is 4.34. The van der Waals surface area contributed by atoms with Gasteiger partial charge in [-0.25, -0.2) is 0 Å². The molecule has 0 saturated carbocycles. The second-order valence-corrected chi connectivity index (χ2v) is 6.78. The molecular formula is C15H26N2OS. The van der Waals surface area contributed by atoms with Crippen molar-refractivity contribution < 1.29 is 4.79 Å². The molecule has 3 nitrogen and oxygen atoms in total. The van der Waals surface area contributed by atoms with Gasteiger partial charge in [-0.1, -0.05) is 40.0 Å². The molecule has 0 fully saturated rings. The number of rotatable bonds is 8. The van der Waals surface area contributed by atoms with Gasteiger partial charge in [-0.15, -0.1) is 0 Å². The fraction of sp³-hybridized carbons (Fsp3) is 0.733. The Kier molecular flexibility index (Phi) is 5.98. The molecule has 0 aromatic carbocycles. The lowest BCUT2D eigenvalue weighted by atomic mass is 9.87. The van der Waals surface area contributed by atoms with Crippen LogP contribution in [0.5, 0.6) is 0 Å². The molecule has 0 radical (unpaired) electrons. The molecule has 0 unspecified atom stereocenters. The largest absolute Gasteiger partial charge is 0.375 e. The molecule has 0 atom stereocenters. The van der Waals surface area contributed by atoms with E-state index in [2.05, 4.69) is 30.5 Å². The highest BCUT2D eigenvalue weighted by Crippen LogP contribution is 2.29. The maximum Gasteiger partial charge on any atom is 0.164 e. The maximum atomic E-state index is 11.6. The first-order chi connectivity index (χ1) is 8.87. The van der Waals surface area contributed by atoms with Crippen molar-refractivity contribution in [3.05, 3.63) is 11.3 Å². The molecule has 0 spiro atoms. The van der Waals surface area contributed by atoms with Gasteiger partial charge in [-0.2, -0.15) is 4.37 Å². The number of Topliss-reactive ketones (excluding diaryl/α,β-unsaturated/α-hetero) is 1. The zero-order valence-electron chi connectivity index (χ0n) is 12.8. The van der Waals surface area contributed by atoms with Gasteiger partial charge >= 0.3 is 0 Å². The molecule has 1 N–H and O–H groups in total. The molecule has 108 valence electrons. The highest BCUT2D eigenvalue weighted by atomic mass is 32.1. The number of carbonyl (C=O) groups is 1. The lowest BCUT2D eigenvalue weighted by Crippen LogP contribution is -2.23. The van der Waals surface area contributed by atoms with Crippen LogP contribution >= 0.6 is 11.5 Å². The molecule has 4 heteroatoms. The first kappa shape index (κ1) is 16.2. The third-order valence-corrected chi connectivity index (χ3v) is 4.30. The van der Waals surface area contributed by atoms with Crippen LogP contribution < -0.4 is 5.32 Å². The van der Waals surface area contributed by atoms with Crippen molar-refractivity contribution in [1.29, 1.82) is 0 Å². The second kappa shape index (κ2) is 7.04. The van der Waals surface area contributed by atoms with Crippen molar-refractivity contribution in [2.45, 2.75) is 60.3 Å². The average Bonchev–Trinajstić information content (AvgIpc) is 2.68. The van der Waals surface area contributed by atoms with Crippen molar-refractivity contribution in [3.8, 4) is 0 Å². The zero-order chi connectivity index (χ0) is 14.5. The summed E-state index contributed by atoms with van der Waals surface area (Å²) in [6.45, 7) is 11.2. The first-order valence-electron chi connectivity index (χ1n) is 7.08. The highest BCUT2D eigenvalue weighted by molar-refractivity contribution is 7.10. The van der Waals surface area contributed by atoms with E-state index in [0.29, 0.717) is 0 Å². The number of nitrogens with zero attached hydrogens (tertiary/aromatic N) is 1. The Bertz CT molecular complexity index is 424. The Labute approximate surface area is 121 Å². The summed E-state index contributed by atoms with van der Waals surface area (Å²) in [4.78, 5) is 11.6. The molecule has 0 saturated heterocycles. The van der Waals surface area contributed by atoms with E-state index < -0.39 is 0 Å². The van der Waals surface area contributed by atoms with Crippen LogP contribution in [0.25, 0.3) is 0 Å². The van der Waals surface area contributed by atoms with E-state index >= 15 is 0 Å². The van der Waals surface area contributed by atoms with E-state index in [1.807, 2.05) is 6.92 Å². The van der Waals surface area contributed by atoms with Crippen LogP contribution in [-0.4, -0.2) is 16.7 Å². The molecule has 1 heterocycles. The number of ketones is 1. The third-order valence-electron chi connectivity index (χ3n) is 3.40. The monoisotopic (exact) mass is 282 g/mol. The van der Waals surface area contributed by atoms with Crippen LogP contribution in [0.2, 0.25) is 0 Å². The Balaban J connectivity index is 2.59. The summed E-state index contributed by atoms with van der Waals surface area (Å²) < 4.78 is 4.27. The van der Waals surface area contributed by atoms with Gasteiger partial charge in [0.1, 0.15) is 5.00 Å². The molecule has 0 amide bonds. The summed E-state index contributed by atoms with van der Waals surface area (Å²) in [6.07, 6.45) is 5.03. The molecule has 1 rings (SSSR count). The minimum absolute atomic E-state index is 0.0949. The molecular weight excluding hydrogens is 256 g/mol. The summed E-state index contributed by atoms with van der Waals surface area (Å²) >= 11 is 1.39.